The molecule has 0 radical (unpaired) electrons. The summed E-state index contributed by atoms with van der Waals surface area (Å²) < 4.78 is 6.32. The second-order valence-electron chi connectivity index (χ2n) is 7.51. The summed E-state index contributed by atoms with van der Waals surface area (Å²) in [5.41, 5.74) is 0.694. The summed E-state index contributed by atoms with van der Waals surface area (Å²) in [6, 6.07) is 7.61. The summed E-state index contributed by atoms with van der Waals surface area (Å²) in [6.07, 6.45) is 0.260. The minimum absolute atomic E-state index is 0.00399. The van der Waals surface area contributed by atoms with Crippen LogP contribution in [0.4, 0.5) is 5.69 Å². The maximum Gasteiger partial charge on any atom is 0.227 e. The van der Waals surface area contributed by atoms with Crippen LogP contribution in [0.5, 0.6) is 0 Å². The van der Waals surface area contributed by atoms with Crippen molar-refractivity contribution in [2.45, 2.75) is 25.8 Å². The van der Waals surface area contributed by atoms with Crippen LogP contribution in [0.3, 0.4) is 0 Å². The van der Waals surface area contributed by atoms with E-state index in [0.717, 1.165) is 36.5 Å². The zero-order chi connectivity index (χ0) is 18.7. The lowest BCUT2D eigenvalue weighted by Crippen LogP contribution is -2.55. The summed E-state index contributed by atoms with van der Waals surface area (Å²) >= 11 is 3.43. The highest BCUT2D eigenvalue weighted by atomic mass is 79.9. The molecule has 2 amide bonds. The third-order valence-electron chi connectivity index (χ3n) is 5.18. The van der Waals surface area contributed by atoms with Crippen molar-refractivity contribution in [1.29, 1.82) is 0 Å². The Morgan fingerprint density at radius 2 is 2.08 bits per heavy atom. The number of anilines is 1. The monoisotopic (exact) mass is 423 g/mol. The van der Waals surface area contributed by atoms with E-state index in [2.05, 4.69) is 40.0 Å². The molecule has 26 heavy (non-hydrogen) atoms. The van der Waals surface area contributed by atoms with Crippen molar-refractivity contribution in [1.82, 2.24) is 10.2 Å². The van der Waals surface area contributed by atoms with Crippen molar-refractivity contribution >= 4 is 33.4 Å². The third-order valence-corrected chi connectivity index (χ3v) is 5.67. The molecule has 1 aromatic carbocycles. The molecular formula is C19H26BrN3O3. The van der Waals surface area contributed by atoms with E-state index >= 15 is 0 Å². The predicted molar refractivity (Wildman–Crippen MR) is 104 cm³/mol. The lowest BCUT2D eigenvalue weighted by Gasteiger charge is -2.41. The van der Waals surface area contributed by atoms with Crippen LogP contribution in [-0.2, 0) is 14.3 Å². The first-order valence-electron chi connectivity index (χ1n) is 9.03. The molecule has 2 aliphatic rings. The first-order valence-corrected chi connectivity index (χ1v) is 9.82. The van der Waals surface area contributed by atoms with Crippen LogP contribution in [0.1, 0.15) is 20.3 Å². The van der Waals surface area contributed by atoms with Gasteiger partial charge in [0.25, 0.3) is 0 Å². The Morgan fingerprint density at radius 1 is 1.35 bits per heavy atom. The number of nitrogens with one attached hydrogen (secondary N) is 1. The Labute approximate surface area is 163 Å². The Morgan fingerprint density at radius 3 is 2.77 bits per heavy atom. The number of hydrogen-bond acceptors (Lipinski definition) is 4. The minimum atomic E-state index is -0.304. The van der Waals surface area contributed by atoms with Crippen LogP contribution in [-0.4, -0.2) is 61.6 Å². The van der Waals surface area contributed by atoms with Gasteiger partial charge in [-0.3, -0.25) is 14.5 Å². The van der Waals surface area contributed by atoms with E-state index < -0.39 is 0 Å². The van der Waals surface area contributed by atoms with E-state index in [0.29, 0.717) is 13.1 Å². The van der Waals surface area contributed by atoms with Crippen LogP contribution in [0, 0.1) is 5.92 Å². The van der Waals surface area contributed by atoms with Gasteiger partial charge in [0.1, 0.15) is 0 Å². The number of hydrogen-bond donors (Lipinski definition) is 1. The van der Waals surface area contributed by atoms with E-state index in [4.69, 9.17) is 4.74 Å². The molecule has 1 N–H and O–H groups in total. The number of rotatable bonds is 5. The third kappa shape index (κ3) is 4.45. The summed E-state index contributed by atoms with van der Waals surface area (Å²) in [4.78, 5) is 29.0. The van der Waals surface area contributed by atoms with Crippen molar-refractivity contribution in [2.24, 2.45) is 5.92 Å². The fourth-order valence-electron chi connectivity index (χ4n) is 3.51. The summed E-state index contributed by atoms with van der Waals surface area (Å²) in [5.74, 6) is -0.352. The van der Waals surface area contributed by atoms with Crippen LogP contribution in [0.25, 0.3) is 0 Å². The fourth-order valence-corrected chi connectivity index (χ4v) is 3.89. The Hall–Kier alpha value is -1.44. The van der Waals surface area contributed by atoms with Gasteiger partial charge in [0.2, 0.25) is 11.8 Å². The van der Waals surface area contributed by atoms with Gasteiger partial charge in [-0.25, -0.2) is 0 Å². The summed E-state index contributed by atoms with van der Waals surface area (Å²) in [7, 11) is 0. The number of amides is 2. The molecule has 142 valence electrons. The Bertz CT molecular complexity index is 674. The highest BCUT2D eigenvalue weighted by Gasteiger charge is 2.36. The standard InChI is InChI=1S/C19H26BrN3O3/c1-19(2,22-6-8-26-9-7-22)13-21-18(25)14-10-17(24)23(12-14)16-5-3-4-15(20)11-16/h3-5,11,14H,6-10,12-13H2,1-2H3,(H,21,25)/t14-/m1/s1. The molecule has 0 saturated carbocycles. The van der Waals surface area contributed by atoms with E-state index in [-0.39, 0.29) is 29.7 Å². The number of halogens is 1. The molecule has 1 aromatic rings. The molecule has 2 saturated heterocycles. The molecule has 0 unspecified atom stereocenters. The fraction of sp³-hybridized carbons (Fsp3) is 0.579. The van der Waals surface area contributed by atoms with Gasteiger partial charge in [-0.05, 0) is 32.0 Å². The quantitative estimate of drug-likeness (QED) is 0.786. The van der Waals surface area contributed by atoms with Gasteiger partial charge in [0, 0.05) is 48.3 Å². The smallest absolute Gasteiger partial charge is 0.227 e. The normalized spacial score (nSPS) is 21.9. The molecule has 0 aliphatic carbocycles. The topological polar surface area (TPSA) is 61.9 Å². The Balaban J connectivity index is 1.56. The van der Waals surface area contributed by atoms with Gasteiger partial charge in [0.05, 0.1) is 19.1 Å². The number of benzene rings is 1. The van der Waals surface area contributed by atoms with Gasteiger partial charge in [-0.15, -0.1) is 0 Å². The van der Waals surface area contributed by atoms with E-state index in [9.17, 15) is 9.59 Å². The van der Waals surface area contributed by atoms with Crippen molar-refractivity contribution in [2.75, 3.05) is 44.3 Å². The molecule has 0 aromatic heterocycles. The molecule has 2 heterocycles. The molecule has 3 rings (SSSR count). The molecule has 0 bridgehead atoms. The number of ether oxygens (including phenoxy) is 1. The van der Waals surface area contributed by atoms with Crippen LogP contribution < -0.4 is 10.2 Å². The highest BCUT2D eigenvalue weighted by molar-refractivity contribution is 9.10. The second-order valence-corrected chi connectivity index (χ2v) is 8.43. The molecule has 2 aliphatic heterocycles. The summed E-state index contributed by atoms with van der Waals surface area (Å²) in [6.45, 7) is 8.47. The average Bonchev–Trinajstić information content (AvgIpc) is 3.02. The summed E-state index contributed by atoms with van der Waals surface area (Å²) in [5, 5.41) is 3.06. The van der Waals surface area contributed by atoms with E-state index in [1.165, 1.54) is 0 Å². The number of carbonyl (C=O) groups excluding carboxylic acids is 2. The lowest BCUT2D eigenvalue weighted by molar-refractivity contribution is -0.127. The van der Waals surface area contributed by atoms with Crippen molar-refractivity contribution in [3.63, 3.8) is 0 Å². The van der Waals surface area contributed by atoms with Gasteiger partial charge in [-0.2, -0.15) is 0 Å². The van der Waals surface area contributed by atoms with Gasteiger partial charge < -0.3 is 15.0 Å². The van der Waals surface area contributed by atoms with Crippen molar-refractivity contribution in [3.05, 3.63) is 28.7 Å². The second kappa shape index (κ2) is 8.06. The zero-order valence-corrected chi connectivity index (χ0v) is 16.9. The predicted octanol–water partition coefficient (Wildman–Crippen LogP) is 2.03. The molecule has 2 fully saturated rings. The van der Waals surface area contributed by atoms with Crippen molar-refractivity contribution < 1.29 is 14.3 Å². The largest absolute Gasteiger partial charge is 0.379 e. The van der Waals surface area contributed by atoms with E-state index in [1.807, 2.05) is 24.3 Å². The number of nitrogens with zero attached hydrogens (tertiary/aromatic N) is 2. The molecule has 6 nitrogen and oxygen atoms in total. The van der Waals surface area contributed by atoms with Gasteiger partial charge in [-0.1, -0.05) is 22.0 Å². The van der Waals surface area contributed by atoms with Crippen LogP contribution in [0.2, 0.25) is 0 Å². The molecule has 1 atom stereocenters. The first kappa shape index (κ1) is 19.3. The maximum atomic E-state index is 12.6. The Kier molecular flexibility index (Phi) is 5.99. The van der Waals surface area contributed by atoms with Gasteiger partial charge in [0.15, 0.2) is 0 Å². The molecular weight excluding hydrogens is 398 g/mol. The number of carbonyl (C=O) groups is 2. The highest BCUT2D eigenvalue weighted by Crippen LogP contribution is 2.27. The SMILES string of the molecule is CC(C)(CNC(=O)[C@@H]1CC(=O)N(c2cccc(Br)c2)C1)N1CCOCC1. The van der Waals surface area contributed by atoms with Crippen LogP contribution >= 0.6 is 15.9 Å². The lowest BCUT2D eigenvalue weighted by atomic mass is 10.0. The maximum absolute atomic E-state index is 12.6. The first-order chi connectivity index (χ1) is 12.4. The van der Waals surface area contributed by atoms with Gasteiger partial charge >= 0.3 is 0 Å². The molecule has 7 heteroatoms. The van der Waals surface area contributed by atoms with E-state index in [1.54, 1.807) is 4.90 Å². The zero-order valence-electron chi connectivity index (χ0n) is 15.3. The minimum Gasteiger partial charge on any atom is -0.379 e. The van der Waals surface area contributed by atoms with Crippen molar-refractivity contribution in [3.8, 4) is 0 Å². The molecule has 0 spiro atoms. The van der Waals surface area contributed by atoms with Crippen LogP contribution in [0.15, 0.2) is 28.7 Å². The average molecular weight is 424 g/mol. The number of morpholine rings is 1.